The SMILES string of the molecule is CC(NCC(O)c1c(F)cccc1F)(C(N)=O)c1ccccc1. The number of rotatable bonds is 6. The van der Waals surface area contributed by atoms with Crippen LogP contribution < -0.4 is 11.1 Å². The van der Waals surface area contributed by atoms with E-state index in [0.29, 0.717) is 5.56 Å². The average molecular weight is 320 g/mol. The van der Waals surface area contributed by atoms with E-state index in [1.54, 1.807) is 37.3 Å². The Morgan fingerprint density at radius 2 is 1.74 bits per heavy atom. The van der Waals surface area contributed by atoms with Crippen molar-refractivity contribution in [2.45, 2.75) is 18.6 Å². The molecule has 2 rings (SSSR count). The predicted molar refractivity (Wildman–Crippen MR) is 82.3 cm³/mol. The zero-order valence-corrected chi connectivity index (χ0v) is 12.6. The lowest BCUT2D eigenvalue weighted by atomic mass is 9.90. The van der Waals surface area contributed by atoms with Gasteiger partial charge in [-0.15, -0.1) is 0 Å². The zero-order valence-electron chi connectivity index (χ0n) is 12.6. The lowest BCUT2D eigenvalue weighted by Gasteiger charge is -2.29. The van der Waals surface area contributed by atoms with Crippen LogP contribution in [0.25, 0.3) is 0 Å². The summed E-state index contributed by atoms with van der Waals surface area (Å²) in [5.74, 6) is -2.36. The van der Waals surface area contributed by atoms with Crippen LogP contribution in [0.5, 0.6) is 0 Å². The molecule has 2 unspecified atom stereocenters. The topological polar surface area (TPSA) is 75.3 Å². The van der Waals surface area contributed by atoms with Gasteiger partial charge >= 0.3 is 0 Å². The molecule has 4 nitrogen and oxygen atoms in total. The number of carbonyl (C=O) groups is 1. The Bertz CT molecular complexity index is 674. The first kappa shape index (κ1) is 17.1. The van der Waals surface area contributed by atoms with Crippen molar-refractivity contribution in [2.24, 2.45) is 5.73 Å². The van der Waals surface area contributed by atoms with Gasteiger partial charge in [-0.1, -0.05) is 36.4 Å². The van der Waals surface area contributed by atoms with Crippen LogP contribution in [-0.2, 0) is 10.3 Å². The van der Waals surface area contributed by atoms with Crippen molar-refractivity contribution < 1.29 is 18.7 Å². The maximum atomic E-state index is 13.7. The van der Waals surface area contributed by atoms with E-state index in [1.165, 1.54) is 6.07 Å². The number of aliphatic hydroxyl groups is 1. The first-order chi connectivity index (χ1) is 10.9. The molecule has 0 saturated carbocycles. The lowest BCUT2D eigenvalue weighted by Crippen LogP contribution is -2.51. The Labute approximate surface area is 132 Å². The van der Waals surface area contributed by atoms with E-state index in [2.05, 4.69) is 5.32 Å². The van der Waals surface area contributed by atoms with Crippen molar-refractivity contribution in [2.75, 3.05) is 6.54 Å². The summed E-state index contributed by atoms with van der Waals surface area (Å²) in [7, 11) is 0. The molecule has 0 radical (unpaired) electrons. The van der Waals surface area contributed by atoms with Gasteiger partial charge in [0.15, 0.2) is 0 Å². The van der Waals surface area contributed by atoms with Crippen molar-refractivity contribution in [3.8, 4) is 0 Å². The van der Waals surface area contributed by atoms with E-state index in [4.69, 9.17) is 5.73 Å². The molecule has 2 aromatic carbocycles. The largest absolute Gasteiger partial charge is 0.387 e. The molecule has 4 N–H and O–H groups in total. The standard InChI is InChI=1S/C17H18F2N2O2/c1-17(16(20)23,11-6-3-2-4-7-11)21-10-14(22)15-12(18)8-5-9-13(15)19/h2-9,14,21-22H,10H2,1H3,(H2,20,23). The van der Waals surface area contributed by atoms with Crippen LogP contribution in [0.4, 0.5) is 8.78 Å². The molecule has 1 amide bonds. The third-order valence-corrected chi connectivity index (χ3v) is 3.83. The molecule has 0 aliphatic heterocycles. The maximum Gasteiger partial charge on any atom is 0.242 e. The summed E-state index contributed by atoms with van der Waals surface area (Å²) in [6.45, 7) is 1.31. The number of carbonyl (C=O) groups excluding carboxylic acids is 1. The number of halogens is 2. The zero-order chi connectivity index (χ0) is 17.0. The van der Waals surface area contributed by atoms with Crippen LogP contribution in [-0.4, -0.2) is 17.6 Å². The normalized spacial score (nSPS) is 15.0. The molecular weight excluding hydrogens is 302 g/mol. The van der Waals surface area contributed by atoms with Crippen LogP contribution >= 0.6 is 0 Å². The summed E-state index contributed by atoms with van der Waals surface area (Å²) in [5, 5.41) is 12.9. The minimum absolute atomic E-state index is 0.244. The average Bonchev–Trinajstić information content (AvgIpc) is 2.53. The third-order valence-electron chi connectivity index (χ3n) is 3.83. The van der Waals surface area contributed by atoms with Crippen LogP contribution in [0, 0.1) is 11.6 Å². The molecule has 0 aliphatic rings. The first-order valence-electron chi connectivity index (χ1n) is 7.08. The first-order valence-corrected chi connectivity index (χ1v) is 7.08. The van der Waals surface area contributed by atoms with E-state index >= 15 is 0 Å². The number of hydrogen-bond acceptors (Lipinski definition) is 3. The second-order valence-electron chi connectivity index (χ2n) is 5.39. The summed E-state index contributed by atoms with van der Waals surface area (Å²) in [4.78, 5) is 11.8. The Morgan fingerprint density at radius 3 is 2.26 bits per heavy atom. The van der Waals surface area contributed by atoms with Crippen molar-refractivity contribution in [1.29, 1.82) is 0 Å². The number of amides is 1. The van der Waals surface area contributed by atoms with E-state index in [0.717, 1.165) is 12.1 Å². The molecule has 0 saturated heterocycles. The summed E-state index contributed by atoms with van der Waals surface area (Å²) in [6, 6.07) is 12.0. The van der Waals surface area contributed by atoms with Gasteiger partial charge in [-0.3, -0.25) is 10.1 Å². The number of primary amides is 1. The van der Waals surface area contributed by atoms with Gasteiger partial charge in [0.1, 0.15) is 17.2 Å². The molecule has 0 heterocycles. The molecule has 122 valence electrons. The molecule has 0 fully saturated rings. The van der Waals surface area contributed by atoms with Crippen molar-refractivity contribution in [3.63, 3.8) is 0 Å². The van der Waals surface area contributed by atoms with E-state index in [9.17, 15) is 18.7 Å². The van der Waals surface area contributed by atoms with Gasteiger partial charge in [-0.05, 0) is 24.6 Å². The van der Waals surface area contributed by atoms with Crippen LogP contribution in [0.15, 0.2) is 48.5 Å². The fraction of sp³-hybridized carbons (Fsp3) is 0.235. The minimum atomic E-state index is -1.46. The highest BCUT2D eigenvalue weighted by Gasteiger charge is 2.33. The fourth-order valence-electron chi connectivity index (χ4n) is 2.33. The van der Waals surface area contributed by atoms with E-state index in [1.807, 2.05) is 0 Å². The highest BCUT2D eigenvalue weighted by Crippen LogP contribution is 2.24. The van der Waals surface area contributed by atoms with E-state index in [-0.39, 0.29) is 6.54 Å². The van der Waals surface area contributed by atoms with Crippen molar-refractivity contribution in [3.05, 3.63) is 71.3 Å². The molecule has 0 spiro atoms. The van der Waals surface area contributed by atoms with Crippen molar-refractivity contribution in [1.82, 2.24) is 5.32 Å². The molecule has 2 atom stereocenters. The number of aliphatic hydroxyl groups excluding tert-OH is 1. The van der Waals surface area contributed by atoms with Gasteiger partial charge in [0.05, 0.1) is 11.7 Å². The number of nitrogens with two attached hydrogens (primary N) is 1. The Morgan fingerprint density at radius 1 is 1.17 bits per heavy atom. The highest BCUT2D eigenvalue weighted by atomic mass is 19.1. The lowest BCUT2D eigenvalue weighted by molar-refractivity contribution is -0.124. The smallest absolute Gasteiger partial charge is 0.242 e. The fourth-order valence-corrected chi connectivity index (χ4v) is 2.33. The number of hydrogen-bond donors (Lipinski definition) is 3. The predicted octanol–water partition coefficient (Wildman–Crippen LogP) is 1.99. The summed E-state index contributed by atoms with van der Waals surface area (Å²) in [6.07, 6.45) is -1.46. The summed E-state index contributed by atoms with van der Waals surface area (Å²) >= 11 is 0. The second-order valence-corrected chi connectivity index (χ2v) is 5.39. The van der Waals surface area contributed by atoms with Gasteiger partial charge in [0.2, 0.25) is 5.91 Å². The van der Waals surface area contributed by atoms with Gasteiger partial charge in [-0.25, -0.2) is 8.78 Å². The monoisotopic (exact) mass is 320 g/mol. The number of nitrogens with one attached hydrogen (secondary N) is 1. The summed E-state index contributed by atoms with van der Waals surface area (Å²) in [5.41, 5.74) is 4.33. The van der Waals surface area contributed by atoms with E-state index < -0.39 is 34.7 Å². The van der Waals surface area contributed by atoms with Gasteiger partial charge < -0.3 is 10.8 Å². The third kappa shape index (κ3) is 3.55. The van der Waals surface area contributed by atoms with Crippen LogP contribution in [0.1, 0.15) is 24.2 Å². The molecule has 0 aromatic heterocycles. The molecule has 0 aliphatic carbocycles. The Balaban J connectivity index is 2.21. The molecule has 6 heteroatoms. The Hall–Kier alpha value is -2.31. The molecule has 23 heavy (non-hydrogen) atoms. The highest BCUT2D eigenvalue weighted by molar-refractivity contribution is 5.85. The maximum absolute atomic E-state index is 13.7. The molecule has 2 aromatic rings. The molecular formula is C17H18F2N2O2. The van der Waals surface area contributed by atoms with Crippen molar-refractivity contribution >= 4 is 5.91 Å². The molecule has 0 bridgehead atoms. The van der Waals surface area contributed by atoms with Gasteiger partial charge in [-0.2, -0.15) is 0 Å². The van der Waals surface area contributed by atoms with Gasteiger partial charge in [0.25, 0.3) is 0 Å². The quantitative estimate of drug-likeness (QED) is 0.762. The van der Waals surface area contributed by atoms with Crippen LogP contribution in [0.2, 0.25) is 0 Å². The minimum Gasteiger partial charge on any atom is -0.387 e. The van der Waals surface area contributed by atoms with Crippen LogP contribution in [0.3, 0.4) is 0 Å². The Kier molecular flexibility index (Phi) is 5.08. The van der Waals surface area contributed by atoms with Gasteiger partial charge in [0, 0.05) is 6.54 Å². The number of benzene rings is 2. The second kappa shape index (κ2) is 6.85. The summed E-state index contributed by atoms with van der Waals surface area (Å²) < 4.78 is 27.4.